The van der Waals surface area contributed by atoms with Crippen molar-refractivity contribution in [1.82, 2.24) is 19.8 Å². The Morgan fingerprint density at radius 2 is 1.69 bits per heavy atom. The summed E-state index contributed by atoms with van der Waals surface area (Å²) in [6, 6.07) is 13.9. The Morgan fingerprint density at radius 1 is 0.944 bits per heavy atom. The van der Waals surface area contributed by atoms with E-state index in [1.807, 2.05) is 6.20 Å². The number of ether oxygens (including phenoxy) is 4. The van der Waals surface area contributed by atoms with E-state index in [1.54, 1.807) is 69.6 Å². The molecule has 2 saturated heterocycles. The van der Waals surface area contributed by atoms with E-state index < -0.39 is 29.4 Å². The first-order valence-electron chi connectivity index (χ1n) is 18.3. The molecular formula is C40H47N5O9. The first-order chi connectivity index (χ1) is 26.0. The number of hydrogen-bond donors (Lipinski definition) is 2. The van der Waals surface area contributed by atoms with Gasteiger partial charge >= 0.3 is 6.09 Å². The van der Waals surface area contributed by atoms with Gasteiger partial charge in [-0.15, -0.1) is 0 Å². The number of allylic oxidation sites excluding steroid dienone is 1. The monoisotopic (exact) mass is 741 g/mol. The van der Waals surface area contributed by atoms with Crippen molar-refractivity contribution in [2.45, 2.75) is 76.5 Å². The van der Waals surface area contributed by atoms with Crippen molar-refractivity contribution < 1.29 is 43.2 Å². The second-order valence-electron chi connectivity index (χ2n) is 14.4. The molecule has 0 saturated carbocycles. The molecule has 3 aliphatic heterocycles. The number of nitrogens with zero attached hydrogens (tertiary/aromatic N) is 4. The van der Waals surface area contributed by atoms with Gasteiger partial charge in [0.25, 0.3) is 0 Å². The van der Waals surface area contributed by atoms with E-state index in [9.17, 15) is 24.3 Å². The predicted molar refractivity (Wildman–Crippen MR) is 197 cm³/mol. The van der Waals surface area contributed by atoms with E-state index in [-0.39, 0.29) is 35.6 Å². The summed E-state index contributed by atoms with van der Waals surface area (Å²) in [5.41, 5.74) is 2.22. The van der Waals surface area contributed by atoms with Crippen molar-refractivity contribution in [1.29, 1.82) is 0 Å². The fraction of sp³-hybridized carbons (Fsp3) is 0.450. The predicted octanol–water partition coefficient (Wildman–Crippen LogP) is 5.33. The first-order valence-corrected chi connectivity index (χ1v) is 18.3. The molecule has 2 aromatic carbocycles. The minimum Gasteiger partial charge on any atom is -0.507 e. The number of hydrogen-bond acceptors (Lipinski definition) is 13. The smallest absolute Gasteiger partial charge is 0.424 e. The summed E-state index contributed by atoms with van der Waals surface area (Å²) in [6.07, 6.45) is 7.07. The van der Waals surface area contributed by atoms with Gasteiger partial charge < -0.3 is 34.3 Å². The molecule has 14 nitrogen and oxygen atoms in total. The highest BCUT2D eigenvalue weighted by molar-refractivity contribution is 6.12. The topological polar surface area (TPSA) is 170 Å². The number of carbonyl (C=O) groups is 4. The Bertz CT molecular complexity index is 1860. The van der Waals surface area contributed by atoms with E-state index in [0.29, 0.717) is 62.2 Å². The Balaban J connectivity index is 0.869. The maximum Gasteiger partial charge on any atom is 0.424 e. The van der Waals surface area contributed by atoms with Crippen molar-refractivity contribution >= 4 is 29.5 Å². The van der Waals surface area contributed by atoms with E-state index in [2.05, 4.69) is 20.2 Å². The van der Waals surface area contributed by atoms with Gasteiger partial charge in [0.1, 0.15) is 35.9 Å². The summed E-state index contributed by atoms with van der Waals surface area (Å²) in [7, 11) is 0. The standard InChI is InChI=1S/C40H47N5O9/c1-40(2,3)54-39(50)45-35(48)15-13-29(38(45)49)26-8-11-28(12-9-26)53-23-22-52-21-20-51-19-17-41-37-31-24-27-10-14-32(36(31)42-25-43-37)44(27)18-16-34(47)30-6-4-5-7-33(30)46/h4-9,11-12,16,18,25,27,29,32,46H,10,13-15,17,19-24H2,1-3H3,(H,41,42,43)/b18-16+/t27-,29?,32+/m0/s1. The molecule has 2 N–H and O–H groups in total. The van der Waals surface area contributed by atoms with Crippen LogP contribution >= 0.6 is 0 Å². The second-order valence-corrected chi connectivity index (χ2v) is 14.4. The summed E-state index contributed by atoms with van der Waals surface area (Å²) >= 11 is 0. The molecule has 2 fully saturated rings. The van der Waals surface area contributed by atoms with Crippen LogP contribution in [0.15, 0.2) is 67.1 Å². The quantitative estimate of drug-likeness (QED) is 0.0888. The number of carbonyl (C=O) groups excluding carboxylic acids is 4. The summed E-state index contributed by atoms with van der Waals surface area (Å²) in [5.74, 6) is -0.616. The number of fused-ring (bicyclic) bond motifs is 4. The number of nitrogens with one attached hydrogen (secondary N) is 1. The lowest BCUT2D eigenvalue weighted by atomic mass is 9.89. The molecule has 3 amide bonds. The van der Waals surface area contributed by atoms with Crippen LogP contribution in [0.5, 0.6) is 11.5 Å². The van der Waals surface area contributed by atoms with Crippen LogP contribution in [-0.4, -0.2) is 99.8 Å². The zero-order valence-corrected chi connectivity index (χ0v) is 30.9. The van der Waals surface area contributed by atoms with E-state index >= 15 is 0 Å². The zero-order chi connectivity index (χ0) is 38.2. The number of benzene rings is 2. The lowest BCUT2D eigenvalue weighted by molar-refractivity contribution is -0.147. The molecule has 0 radical (unpaired) electrons. The summed E-state index contributed by atoms with van der Waals surface area (Å²) < 4.78 is 22.4. The number of amides is 3. The molecule has 286 valence electrons. The molecule has 6 rings (SSSR count). The average Bonchev–Trinajstić information content (AvgIpc) is 3.42. The van der Waals surface area contributed by atoms with Gasteiger partial charge in [0.2, 0.25) is 11.8 Å². The number of anilines is 1. The van der Waals surface area contributed by atoms with Gasteiger partial charge in [-0.05, 0) is 76.3 Å². The second kappa shape index (κ2) is 17.2. The van der Waals surface area contributed by atoms with Crippen molar-refractivity contribution in [2.75, 3.05) is 44.9 Å². The number of ketones is 1. The number of rotatable bonds is 15. The Labute approximate surface area is 314 Å². The maximum absolute atomic E-state index is 13.0. The van der Waals surface area contributed by atoms with Gasteiger partial charge in [0.05, 0.1) is 49.6 Å². The van der Waals surface area contributed by atoms with Crippen LogP contribution in [0, 0.1) is 0 Å². The van der Waals surface area contributed by atoms with E-state index in [4.69, 9.17) is 18.9 Å². The highest BCUT2D eigenvalue weighted by atomic mass is 16.6. The van der Waals surface area contributed by atoms with Gasteiger partial charge in [0, 0.05) is 36.8 Å². The number of imide groups is 3. The van der Waals surface area contributed by atoms with E-state index in [1.165, 1.54) is 12.1 Å². The van der Waals surface area contributed by atoms with Gasteiger partial charge in [-0.25, -0.2) is 14.8 Å². The van der Waals surface area contributed by atoms with Crippen LogP contribution in [0.4, 0.5) is 10.6 Å². The normalized spacial score (nSPS) is 19.6. The number of likely N-dealkylation sites (tertiary alicyclic amines) is 1. The molecule has 4 heterocycles. The van der Waals surface area contributed by atoms with Crippen molar-refractivity contribution in [3.8, 4) is 11.5 Å². The van der Waals surface area contributed by atoms with Gasteiger partial charge in [0.15, 0.2) is 5.78 Å². The van der Waals surface area contributed by atoms with Crippen LogP contribution in [0.1, 0.15) is 85.6 Å². The fourth-order valence-corrected chi connectivity index (χ4v) is 7.01. The molecule has 3 atom stereocenters. The van der Waals surface area contributed by atoms with Gasteiger partial charge in [-0.1, -0.05) is 24.3 Å². The summed E-state index contributed by atoms with van der Waals surface area (Å²) in [6.45, 7) is 7.58. The van der Waals surface area contributed by atoms with Crippen LogP contribution in [0.3, 0.4) is 0 Å². The minimum absolute atomic E-state index is 0.0286. The minimum atomic E-state index is -0.946. The lowest BCUT2D eigenvalue weighted by Gasteiger charge is -2.35. The highest BCUT2D eigenvalue weighted by Crippen LogP contribution is 2.44. The van der Waals surface area contributed by atoms with Gasteiger partial charge in [-0.2, -0.15) is 4.90 Å². The third-order valence-corrected chi connectivity index (χ3v) is 9.54. The highest BCUT2D eigenvalue weighted by Gasteiger charge is 2.42. The fourth-order valence-electron chi connectivity index (χ4n) is 7.01. The van der Waals surface area contributed by atoms with Crippen molar-refractivity contribution in [2.24, 2.45) is 0 Å². The molecule has 54 heavy (non-hydrogen) atoms. The number of aromatic hydroxyl groups is 1. The third kappa shape index (κ3) is 9.23. The number of aromatic nitrogens is 2. The molecule has 0 spiro atoms. The van der Waals surface area contributed by atoms with Crippen LogP contribution in [0.25, 0.3) is 0 Å². The first kappa shape index (κ1) is 38.4. The summed E-state index contributed by atoms with van der Waals surface area (Å²) in [5, 5.41) is 13.4. The number of para-hydroxylation sites is 1. The Kier molecular flexibility index (Phi) is 12.2. The Morgan fingerprint density at radius 3 is 2.44 bits per heavy atom. The molecule has 3 aromatic rings. The molecule has 2 bridgehead atoms. The van der Waals surface area contributed by atoms with Crippen LogP contribution in [-0.2, 0) is 30.2 Å². The molecule has 0 aliphatic carbocycles. The van der Waals surface area contributed by atoms with E-state index in [0.717, 1.165) is 36.3 Å². The molecule has 14 heteroatoms. The number of phenols is 1. The Hall–Kier alpha value is -5.34. The number of phenolic OH excluding ortho intramolecular Hbond substituents is 1. The molecule has 1 aromatic heterocycles. The van der Waals surface area contributed by atoms with Crippen LogP contribution < -0.4 is 10.1 Å². The largest absolute Gasteiger partial charge is 0.507 e. The molecule has 1 unspecified atom stereocenters. The summed E-state index contributed by atoms with van der Waals surface area (Å²) in [4.78, 5) is 62.6. The van der Waals surface area contributed by atoms with Crippen molar-refractivity contribution in [3.63, 3.8) is 0 Å². The van der Waals surface area contributed by atoms with Crippen molar-refractivity contribution in [3.05, 3.63) is 89.5 Å². The SMILES string of the molecule is CC(C)(C)OC(=O)N1C(=O)CCC(c2ccc(OCCOCCOCCNc3ncnc4c3C[C@@H]3CC[C@H]4N3/C=C/C(=O)c3ccccc3O)cc2)C1=O. The average molecular weight is 742 g/mol. The molecule has 3 aliphatic rings. The number of piperidine rings is 1. The third-order valence-electron chi connectivity index (χ3n) is 9.54. The lowest BCUT2D eigenvalue weighted by Crippen LogP contribution is -2.49. The molecular weight excluding hydrogens is 694 g/mol. The van der Waals surface area contributed by atoms with Crippen LogP contribution in [0.2, 0.25) is 0 Å². The maximum atomic E-state index is 13.0. The van der Waals surface area contributed by atoms with Gasteiger partial charge in [-0.3, -0.25) is 14.4 Å². The zero-order valence-electron chi connectivity index (χ0n) is 30.9.